The minimum Gasteiger partial charge on any atom is -0.298 e. The third kappa shape index (κ3) is 4.52. The summed E-state index contributed by atoms with van der Waals surface area (Å²) in [5.74, 6) is 0.341. The van der Waals surface area contributed by atoms with Crippen molar-refractivity contribution in [3.63, 3.8) is 0 Å². The van der Waals surface area contributed by atoms with Gasteiger partial charge in [0, 0.05) is 11.3 Å². The fourth-order valence-electron chi connectivity index (χ4n) is 1.68. The van der Waals surface area contributed by atoms with Gasteiger partial charge in [-0.05, 0) is 36.8 Å². The Labute approximate surface area is 116 Å². The topological polar surface area (TPSA) is 17.1 Å². The van der Waals surface area contributed by atoms with E-state index in [9.17, 15) is 9.18 Å². The van der Waals surface area contributed by atoms with E-state index < -0.39 is 0 Å². The molecule has 0 fully saturated rings. The van der Waals surface area contributed by atoms with E-state index in [2.05, 4.69) is 0 Å². The van der Waals surface area contributed by atoms with Crippen molar-refractivity contribution in [1.82, 2.24) is 0 Å². The van der Waals surface area contributed by atoms with E-state index in [0.717, 1.165) is 10.5 Å². The molecule has 19 heavy (non-hydrogen) atoms. The lowest BCUT2D eigenvalue weighted by molar-refractivity contribution is -0.116. The smallest absolute Gasteiger partial charge is 0.147 e. The fourth-order valence-corrected chi connectivity index (χ4v) is 2.44. The van der Waals surface area contributed by atoms with Gasteiger partial charge in [-0.25, -0.2) is 4.39 Å². The first-order valence-corrected chi connectivity index (χ1v) is 7.07. The molecule has 2 aromatic rings. The number of carbonyl (C=O) groups excluding carboxylic acids is 1. The Balaban J connectivity index is 1.84. The van der Waals surface area contributed by atoms with E-state index in [1.54, 1.807) is 12.1 Å². The second kappa shape index (κ2) is 6.53. The zero-order chi connectivity index (χ0) is 13.7. The quantitative estimate of drug-likeness (QED) is 0.765. The summed E-state index contributed by atoms with van der Waals surface area (Å²) in [4.78, 5) is 12.8. The van der Waals surface area contributed by atoms with Gasteiger partial charge in [0.15, 0.2) is 0 Å². The van der Waals surface area contributed by atoms with Gasteiger partial charge in [-0.1, -0.05) is 29.8 Å². The fraction of sp³-hybridized carbons (Fsp3) is 0.188. The van der Waals surface area contributed by atoms with Crippen LogP contribution in [0.2, 0.25) is 0 Å². The molecule has 0 aromatic heterocycles. The number of aryl methyl sites for hydroxylation is 1. The first-order chi connectivity index (χ1) is 9.13. The molecule has 0 radical (unpaired) electrons. The van der Waals surface area contributed by atoms with E-state index in [0.29, 0.717) is 12.2 Å². The highest BCUT2D eigenvalue weighted by Crippen LogP contribution is 2.18. The zero-order valence-corrected chi connectivity index (χ0v) is 11.5. The van der Waals surface area contributed by atoms with Crippen molar-refractivity contribution in [2.45, 2.75) is 18.2 Å². The summed E-state index contributed by atoms with van der Waals surface area (Å²) < 4.78 is 12.7. The molecule has 0 atom stereocenters. The summed E-state index contributed by atoms with van der Waals surface area (Å²) in [6.07, 6.45) is 0.453. The minimum atomic E-state index is -0.254. The summed E-state index contributed by atoms with van der Waals surface area (Å²) in [5.41, 5.74) is 2.23. The van der Waals surface area contributed by atoms with Crippen LogP contribution in [0.15, 0.2) is 53.4 Å². The van der Waals surface area contributed by atoms with Crippen molar-refractivity contribution >= 4 is 17.5 Å². The normalized spacial score (nSPS) is 10.4. The molecule has 2 aromatic carbocycles. The van der Waals surface area contributed by atoms with Crippen LogP contribution >= 0.6 is 11.8 Å². The molecule has 0 aliphatic rings. The minimum absolute atomic E-state index is 0.179. The summed E-state index contributed by atoms with van der Waals surface area (Å²) in [6.45, 7) is 2.02. The number of halogens is 1. The van der Waals surface area contributed by atoms with E-state index in [1.165, 1.54) is 29.5 Å². The maximum absolute atomic E-state index is 12.7. The van der Waals surface area contributed by atoms with Crippen LogP contribution < -0.4 is 0 Å². The standard InChI is InChI=1S/C16H15FOS/c1-12-2-4-13(5-3-12)10-15(18)11-19-16-8-6-14(17)7-9-16/h2-9H,10-11H2,1H3. The summed E-state index contributed by atoms with van der Waals surface area (Å²) in [7, 11) is 0. The van der Waals surface area contributed by atoms with Gasteiger partial charge in [0.2, 0.25) is 0 Å². The molecule has 2 rings (SSSR count). The van der Waals surface area contributed by atoms with Crippen LogP contribution in [0.5, 0.6) is 0 Å². The number of rotatable bonds is 5. The number of hydrogen-bond acceptors (Lipinski definition) is 2. The van der Waals surface area contributed by atoms with Gasteiger partial charge in [0.05, 0.1) is 5.75 Å². The Morgan fingerprint density at radius 3 is 2.32 bits per heavy atom. The van der Waals surface area contributed by atoms with Gasteiger partial charge in [0.1, 0.15) is 11.6 Å². The largest absolute Gasteiger partial charge is 0.298 e. The van der Waals surface area contributed by atoms with Gasteiger partial charge in [-0.15, -0.1) is 11.8 Å². The molecule has 0 aliphatic heterocycles. The number of benzene rings is 2. The second-order valence-electron chi connectivity index (χ2n) is 4.44. The molecule has 0 heterocycles. The summed E-state index contributed by atoms with van der Waals surface area (Å²) in [6, 6.07) is 14.2. The third-order valence-electron chi connectivity index (χ3n) is 2.74. The highest BCUT2D eigenvalue weighted by Gasteiger charge is 2.05. The Hall–Kier alpha value is -1.61. The molecule has 0 saturated carbocycles. The maximum atomic E-state index is 12.7. The zero-order valence-electron chi connectivity index (χ0n) is 10.7. The highest BCUT2D eigenvalue weighted by molar-refractivity contribution is 8.00. The Morgan fingerprint density at radius 2 is 1.68 bits per heavy atom. The number of Topliss-reactive ketones (excluding diaryl/α,β-unsaturated/α-hetero) is 1. The predicted molar refractivity (Wildman–Crippen MR) is 77.0 cm³/mol. The Morgan fingerprint density at radius 1 is 1.05 bits per heavy atom. The second-order valence-corrected chi connectivity index (χ2v) is 5.49. The lowest BCUT2D eigenvalue weighted by Crippen LogP contribution is -2.05. The first-order valence-electron chi connectivity index (χ1n) is 6.09. The average molecular weight is 274 g/mol. The molecule has 0 unspecified atom stereocenters. The van der Waals surface area contributed by atoms with Gasteiger partial charge in [-0.3, -0.25) is 4.79 Å². The van der Waals surface area contributed by atoms with Crippen molar-refractivity contribution in [2.24, 2.45) is 0 Å². The number of thioether (sulfide) groups is 1. The molecule has 0 bridgehead atoms. The van der Waals surface area contributed by atoms with Crippen LogP contribution in [-0.2, 0) is 11.2 Å². The molecule has 98 valence electrons. The lowest BCUT2D eigenvalue weighted by atomic mass is 10.1. The monoisotopic (exact) mass is 274 g/mol. The number of hydrogen-bond donors (Lipinski definition) is 0. The average Bonchev–Trinajstić information content (AvgIpc) is 2.41. The molecular formula is C16H15FOS. The van der Waals surface area contributed by atoms with Crippen molar-refractivity contribution in [1.29, 1.82) is 0 Å². The van der Waals surface area contributed by atoms with E-state index in [4.69, 9.17) is 0 Å². The maximum Gasteiger partial charge on any atom is 0.147 e. The molecule has 0 spiro atoms. The third-order valence-corrected chi connectivity index (χ3v) is 3.81. The van der Waals surface area contributed by atoms with Crippen molar-refractivity contribution < 1.29 is 9.18 Å². The summed E-state index contributed by atoms with van der Waals surface area (Å²) >= 11 is 1.44. The van der Waals surface area contributed by atoms with E-state index >= 15 is 0 Å². The number of ketones is 1. The van der Waals surface area contributed by atoms with Crippen LogP contribution in [0.3, 0.4) is 0 Å². The molecular weight excluding hydrogens is 259 g/mol. The van der Waals surface area contributed by atoms with Crippen LogP contribution in [0.1, 0.15) is 11.1 Å². The van der Waals surface area contributed by atoms with Crippen LogP contribution in [0, 0.1) is 12.7 Å². The molecule has 0 N–H and O–H groups in total. The molecule has 3 heteroatoms. The van der Waals surface area contributed by atoms with Crippen LogP contribution in [0.25, 0.3) is 0 Å². The SMILES string of the molecule is Cc1ccc(CC(=O)CSc2ccc(F)cc2)cc1. The van der Waals surface area contributed by atoms with E-state index in [1.807, 2.05) is 31.2 Å². The lowest BCUT2D eigenvalue weighted by Gasteiger charge is -2.03. The van der Waals surface area contributed by atoms with Crippen LogP contribution in [0.4, 0.5) is 4.39 Å². The van der Waals surface area contributed by atoms with Gasteiger partial charge in [-0.2, -0.15) is 0 Å². The highest BCUT2D eigenvalue weighted by atomic mass is 32.2. The van der Waals surface area contributed by atoms with Crippen molar-refractivity contribution in [3.8, 4) is 0 Å². The van der Waals surface area contributed by atoms with Gasteiger partial charge < -0.3 is 0 Å². The molecule has 0 aliphatic carbocycles. The molecule has 1 nitrogen and oxygen atoms in total. The summed E-state index contributed by atoms with van der Waals surface area (Å²) in [5, 5.41) is 0. The first kappa shape index (κ1) is 13.8. The van der Waals surface area contributed by atoms with E-state index in [-0.39, 0.29) is 11.6 Å². The van der Waals surface area contributed by atoms with Crippen molar-refractivity contribution in [2.75, 3.05) is 5.75 Å². The van der Waals surface area contributed by atoms with Crippen molar-refractivity contribution in [3.05, 3.63) is 65.5 Å². The molecule has 0 amide bonds. The molecule has 0 saturated heterocycles. The van der Waals surface area contributed by atoms with Gasteiger partial charge >= 0.3 is 0 Å². The van der Waals surface area contributed by atoms with Gasteiger partial charge in [0.25, 0.3) is 0 Å². The predicted octanol–water partition coefficient (Wildman–Crippen LogP) is 4.04. The van der Waals surface area contributed by atoms with Crippen LogP contribution in [-0.4, -0.2) is 11.5 Å². The number of carbonyl (C=O) groups is 1. The Bertz CT molecular complexity index is 546. The Kier molecular flexibility index (Phi) is 4.74.